The minimum absolute atomic E-state index is 0.106. The van der Waals surface area contributed by atoms with Crippen molar-refractivity contribution in [1.29, 1.82) is 0 Å². The molecule has 34 heavy (non-hydrogen) atoms. The van der Waals surface area contributed by atoms with Crippen molar-refractivity contribution >= 4 is 39.0 Å². The second-order valence-electron chi connectivity index (χ2n) is 9.41. The molecule has 0 fully saturated rings. The maximum absolute atomic E-state index is 4.89. The van der Waals surface area contributed by atoms with Crippen LogP contribution in [0.3, 0.4) is 0 Å². The number of para-hydroxylation sites is 1. The monoisotopic (exact) mass is 454 g/mol. The van der Waals surface area contributed by atoms with Gasteiger partial charge in [-0.15, -0.1) is 0 Å². The number of hydrogen-bond acceptors (Lipinski definition) is 3. The lowest BCUT2D eigenvalue weighted by atomic mass is 9.74. The van der Waals surface area contributed by atoms with Gasteiger partial charge in [-0.1, -0.05) is 52.8 Å². The Morgan fingerprint density at radius 1 is 0.941 bits per heavy atom. The van der Waals surface area contributed by atoms with Crippen LogP contribution in [0.5, 0.6) is 0 Å². The van der Waals surface area contributed by atoms with Gasteiger partial charge in [0.05, 0.1) is 5.69 Å². The third-order valence-corrected chi connectivity index (χ3v) is 7.93. The van der Waals surface area contributed by atoms with Crippen molar-refractivity contribution in [3.8, 4) is 0 Å². The van der Waals surface area contributed by atoms with E-state index in [0.717, 1.165) is 25.2 Å². The first kappa shape index (κ1) is 22.8. The Balaban J connectivity index is 0.000000574. The molecule has 2 aromatic heterocycles. The Morgan fingerprint density at radius 3 is 2.44 bits per heavy atom. The fraction of sp³-hybridized carbons (Fsp3) is 0.433. The molecule has 3 aliphatic rings. The van der Waals surface area contributed by atoms with Gasteiger partial charge in [0, 0.05) is 51.7 Å². The van der Waals surface area contributed by atoms with Gasteiger partial charge >= 0.3 is 0 Å². The fourth-order valence-corrected chi connectivity index (χ4v) is 6.65. The summed E-state index contributed by atoms with van der Waals surface area (Å²) in [6.07, 6.45) is 4.52. The normalized spacial score (nSPS) is 21.2. The smallest absolute Gasteiger partial charge is 0.158 e. The molecule has 0 amide bonds. The number of hydrogen-bond donors (Lipinski definition) is 0. The lowest BCUT2D eigenvalue weighted by Gasteiger charge is -2.42. The first-order chi connectivity index (χ1) is 16.7. The first-order valence-corrected chi connectivity index (χ1v) is 13.2. The lowest BCUT2D eigenvalue weighted by molar-refractivity contribution is 0.303. The number of rotatable bonds is 2. The SMILES string of the molecule is CC.CC.CCC12CCn3c4ccccc4c4cc(c1cc43)N1c3ncccc3N(C(C)C)C12. The summed E-state index contributed by atoms with van der Waals surface area (Å²) < 4.78 is 2.56. The summed E-state index contributed by atoms with van der Waals surface area (Å²) in [5.41, 5.74) is 7.02. The summed E-state index contributed by atoms with van der Waals surface area (Å²) in [6, 6.07) is 18.6. The minimum atomic E-state index is 0.106. The van der Waals surface area contributed by atoms with Crippen LogP contribution in [-0.4, -0.2) is 21.8 Å². The molecule has 178 valence electrons. The number of fused-ring (bicyclic) bond motifs is 8. The van der Waals surface area contributed by atoms with Crippen LogP contribution in [0.2, 0.25) is 0 Å². The molecule has 0 radical (unpaired) electrons. The van der Waals surface area contributed by atoms with E-state index in [1.165, 1.54) is 38.7 Å². The highest BCUT2D eigenvalue weighted by molar-refractivity contribution is 6.10. The minimum Gasteiger partial charge on any atom is -0.345 e. The number of anilines is 3. The molecule has 5 heterocycles. The molecule has 4 heteroatoms. The summed E-state index contributed by atoms with van der Waals surface area (Å²) in [7, 11) is 0. The highest BCUT2D eigenvalue weighted by Gasteiger charge is 2.58. The van der Waals surface area contributed by atoms with Crippen molar-refractivity contribution in [2.75, 3.05) is 9.80 Å². The van der Waals surface area contributed by atoms with Crippen LogP contribution in [0.15, 0.2) is 54.7 Å². The molecule has 4 nitrogen and oxygen atoms in total. The van der Waals surface area contributed by atoms with Gasteiger partial charge in [0.1, 0.15) is 6.17 Å². The van der Waals surface area contributed by atoms with Gasteiger partial charge in [-0.2, -0.15) is 0 Å². The number of aromatic nitrogens is 2. The second-order valence-corrected chi connectivity index (χ2v) is 9.41. The van der Waals surface area contributed by atoms with E-state index in [1.807, 2.05) is 33.9 Å². The molecule has 0 aliphatic carbocycles. The van der Waals surface area contributed by atoms with Crippen molar-refractivity contribution in [2.24, 2.45) is 0 Å². The average molecular weight is 455 g/mol. The second kappa shape index (κ2) is 8.33. The van der Waals surface area contributed by atoms with E-state index in [-0.39, 0.29) is 5.41 Å². The molecule has 0 saturated carbocycles. The van der Waals surface area contributed by atoms with E-state index in [2.05, 4.69) is 83.7 Å². The summed E-state index contributed by atoms with van der Waals surface area (Å²) >= 11 is 0. The van der Waals surface area contributed by atoms with Crippen molar-refractivity contribution in [2.45, 2.75) is 85.5 Å². The van der Waals surface area contributed by atoms with E-state index in [0.29, 0.717) is 12.2 Å². The highest BCUT2D eigenvalue weighted by Crippen LogP contribution is 2.61. The van der Waals surface area contributed by atoms with E-state index < -0.39 is 0 Å². The molecule has 2 aromatic carbocycles. The fourth-order valence-electron chi connectivity index (χ4n) is 6.65. The Morgan fingerprint density at radius 2 is 1.71 bits per heavy atom. The van der Waals surface area contributed by atoms with Gasteiger partial charge < -0.3 is 14.4 Å². The van der Waals surface area contributed by atoms with Gasteiger partial charge in [0.25, 0.3) is 0 Å². The van der Waals surface area contributed by atoms with Crippen LogP contribution >= 0.6 is 0 Å². The third kappa shape index (κ3) is 2.68. The summed E-state index contributed by atoms with van der Waals surface area (Å²) in [6.45, 7) is 16.1. The van der Waals surface area contributed by atoms with E-state index in [1.54, 1.807) is 0 Å². The van der Waals surface area contributed by atoms with Crippen molar-refractivity contribution < 1.29 is 0 Å². The quantitative estimate of drug-likeness (QED) is 0.307. The van der Waals surface area contributed by atoms with Crippen molar-refractivity contribution in [3.63, 3.8) is 0 Å². The lowest BCUT2D eigenvalue weighted by Crippen LogP contribution is -2.53. The van der Waals surface area contributed by atoms with E-state index >= 15 is 0 Å². The maximum Gasteiger partial charge on any atom is 0.158 e. The van der Waals surface area contributed by atoms with Crippen LogP contribution < -0.4 is 9.80 Å². The number of pyridine rings is 1. The Labute approximate surface area is 204 Å². The average Bonchev–Trinajstić information content (AvgIpc) is 3.45. The molecule has 2 unspecified atom stereocenters. The number of nitrogens with zero attached hydrogens (tertiary/aromatic N) is 4. The van der Waals surface area contributed by atoms with Crippen LogP contribution in [-0.2, 0) is 12.0 Å². The molecular weight excluding hydrogens is 416 g/mol. The predicted octanol–water partition coefficient (Wildman–Crippen LogP) is 8.00. The van der Waals surface area contributed by atoms with Crippen molar-refractivity contribution in [3.05, 3.63) is 60.3 Å². The molecule has 2 bridgehead atoms. The molecular formula is C30H38N4. The van der Waals surface area contributed by atoms with Crippen LogP contribution in [0.4, 0.5) is 17.2 Å². The zero-order valence-electron chi connectivity index (χ0n) is 21.8. The van der Waals surface area contributed by atoms with Gasteiger partial charge in [0.2, 0.25) is 0 Å². The van der Waals surface area contributed by atoms with Gasteiger partial charge in [0.15, 0.2) is 5.82 Å². The van der Waals surface area contributed by atoms with E-state index in [9.17, 15) is 0 Å². The molecule has 0 saturated heterocycles. The zero-order valence-corrected chi connectivity index (χ0v) is 21.8. The third-order valence-electron chi connectivity index (χ3n) is 7.93. The first-order valence-electron chi connectivity index (χ1n) is 13.2. The molecule has 7 rings (SSSR count). The molecule has 3 aliphatic heterocycles. The Bertz CT molecular complexity index is 1350. The van der Waals surface area contributed by atoms with Crippen LogP contribution in [0.1, 0.15) is 66.9 Å². The largest absolute Gasteiger partial charge is 0.345 e. The molecule has 0 N–H and O–H groups in total. The van der Waals surface area contributed by atoms with E-state index in [4.69, 9.17) is 4.98 Å². The van der Waals surface area contributed by atoms with Gasteiger partial charge in [-0.3, -0.25) is 0 Å². The highest BCUT2D eigenvalue weighted by atomic mass is 15.5. The topological polar surface area (TPSA) is 24.3 Å². The molecule has 4 aromatic rings. The predicted molar refractivity (Wildman–Crippen MR) is 147 cm³/mol. The number of aryl methyl sites for hydroxylation is 1. The van der Waals surface area contributed by atoms with Gasteiger partial charge in [-0.25, -0.2) is 4.98 Å². The summed E-state index contributed by atoms with van der Waals surface area (Å²) in [4.78, 5) is 10.1. The van der Waals surface area contributed by atoms with Crippen LogP contribution in [0.25, 0.3) is 21.8 Å². The molecule has 0 spiro atoms. The molecule has 2 atom stereocenters. The Hall–Kier alpha value is -3.01. The standard InChI is InChI=1S/C26H26N4.2C2H6/c1-4-26-11-13-28-20-9-6-5-8-17(20)18-14-23(19(26)15-22(18)28)30-24-21(10-7-12-27-24)29(16(2)3)25(26)30;2*1-2/h5-10,12,14-16,25H,4,11,13H2,1-3H3;2*1-2H3. The summed E-state index contributed by atoms with van der Waals surface area (Å²) in [5, 5.41) is 2.74. The summed E-state index contributed by atoms with van der Waals surface area (Å²) in [5.74, 6) is 1.12. The number of benzene rings is 2. The van der Waals surface area contributed by atoms with Gasteiger partial charge in [-0.05, 0) is 62.6 Å². The van der Waals surface area contributed by atoms with Crippen LogP contribution in [0, 0.1) is 0 Å². The Kier molecular flexibility index (Phi) is 5.58. The van der Waals surface area contributed by atoms with Crippen molar-refractivity contribution in [1.82, 2.24) is 9.55 Å². The maximum atomic E-state index is 4.89. The zero-order chi connectivity index (χ0) is 24.2.